The van der Waals surface area contributed by atoms with E-state index in [1.54, 1.807) is 11.9 Å². The summed E-state index contributed by atoms with van der Waals surface area (Å²) in [5, 5.41) is 10.3. The summed E-state index contributed by atoms with van der Waals surface area (Å²) in [7, 11) is 1.76. The van der Waals surface area contributed by atoms with Crippen molar-refractivity contribution < 1.29 is 9.90 Å². The minimum atomic E-state index is -0.869. The number of pyridine rings is 1. The number of aromatic nitrogens is 1. The first-order valence-corrected chi connectivity index (χ1v) is 9.42. The van der Waals surface area contributed by atoms with Gasteiger partial charge in [-0.3, -0.25) is 4.79 Å². The molecule has 0 fully saturated rings. The summed E-state index contributed by atoms with van der Waals surface area (Å²) < 4.78 is 0. The summed E-state index contributed by atoms with van der Waals surface area (Å²) in [6, 6.07) is 16.7. The van der Waals surface area contributed by atoms with Gasteiger partial charge in [0.15, 0.2) is 0 Å². The van der Waals surface area contributed by atoms with Crippen molar-refractivity contribution in [2.45, 2.75) is 33.1 Å². The van der Waals surface area contributed by atoms with Crippen LogP contribution in [0.4, 0.5) is 5.82 Å². The number of aryl methyl sites for hydroxylation is 2. The molecule has 0 saturated heterocycles. The van der Waals surface area contributed by atoms with Crippen LogP contribution in [-0.2, 0) is 11.2 Å². The molecule has 4 nitrogen and oxygen atoms in total. The highest BCUT2D eigenvalue weighted by Gasteiger charge is 2.14. The fourth-order valence-corrected chi connectivity index (χ4v) is 3.37. The summed E-state index contributed by atoms with van der Waals surface area (Å²) in [4.78, 5) is 17.5. The minimum absolute atomic E-state index is 0.0830. The maximum Gasteiger partial charge on any atom is 0.323 e. The van der Waals surface area contributed by atoms with Crippen LogP contribution in [0.2, 0.25) is 0 Å². The molecule has 4 heteroatoms. The highest BCUT2D eigenvalue weighted by molar-refractivity contribution is 5.97. The first-order valence-electron chi connectivity index (χ1n) is 9.42. The third kappa shape index (κ3) is 4.27. The Morgan fingerprint density at radius 2 is 1.89 bits per heavy atom. The molecule has 0 atom stereocenters. The lowest BCUT2D eigenvalue weighted by atomic mass is 9.95. The monoisotopic (exact) mass is 362 g/mol. The van der Waals surface area contributed by atoms with Gasteiger partial charge >= 0.3 is 5.97 Å². The highest BCUT2D eigenvalue weighted by atomic mass is 16.4. The minimum Gasteiger partial charge on any atom is -0.480 e. The third-order valence-electron chi connectivity index (χ3n) is 4.88. The number of hydrogen-bond acceptors (Lipinski definition) is 3. The standard InChI is InChI=1S/C23H26N2O2/c1-4-5-9-17-11-12-21-20(13-17)19(18-10-7-6-8-16(18)2)14-22(24-21)25(3)15-23(26)27/h6-8,10-14H,4-5,9,15H2,1-3H3,(H,26,27). The van der Waals surface area contributed by atoms with Crippen molar-refractivity contribution in [2.24, 2.45) is 0 Å². The molecule has 0 aliphatic rings. The Bertz CT molecular complexity index is 966. The number of carboxylic acid groups (broad SMARTS) is 1. The molecule has 1 N–H and O–H groups in total. The van der Waals surface area contributed by atoms with Crippen molar-refractivity contribution in [1.29, 1.82) is 0 Å². The molecule has 1 heterocycles. The van der Waals surface area contributed by atoms with Crippen LogP contribution in [0.15, 0.2) is 48.5 Å². The van der Waals surface area contributed by atoms with Crippen molar-refractivity contribution in [3.63, 3.8) is 0 Å². The Balaban J connectivity index is 2.19. The van der Waals surface area contributed by atoms with Crippen molar-refractivity contribution in [3.05, 3.63) is 59.7 Å². The lowest BCUT2D eigenvalue weighted by Crippen LogP contribution is -2.26. The predicted octanol–water partition coefficient (Wildman–Crippen LogP) is 5.07. The maximum atomic E-state index is 11.1. The normalized spacial score (nSPS) is 10.9. The molecule has 3 aromatic rings. The van der Waals surface area contributed by atoms with Crippen LogP contribution in [0.1, 0.15) is 30.9 Å². The van der Waals surface area contributed by atoms with Crippen LogP contribution < -0.4 is 4.90 Å². The average molecular weight is 362 g/mol. The number of hydrogen-bond donors (Lipinski definition) is 1. The van der Waals surface area contributed by atoms with E-state index in [-0.39, 0.29) is 6.54 Å². The number of aliphatic carboxylic acids is 1. The smallest absolute Gasteiger partial charge is 0.323 e. The first-order chi connectivity index (χ1) is 13.0. The van der Waals surface area contributed by atoms with Gasteiger partial charge in [0.25, 0.3) is 0 Å². The van der Waals surface area contributed by atoms with Crippen LogP contribution in [0, 0.1) is 6.92 Å². The van der Waals surface area contributed by atoms with Gasteiger partial charge in [0, 0.05) is 12.4 Å². The Hall–Kier alpha value is -2.88. The summed E-state index contributed by atoms with van der Waals surface area (Å²) in [6.45, 7) is 4.22. The molecule has 0 aliphatic heterocycles. The molecule has 0 aliphatic carbocycles. The average Bonchev–Trinajstić information content (AvgIpc) is 2.65. The van der Waals surface area contributed by atoms with Gasteiger partial charge in [0.1, 0.15) is 12.4 Å². The lowest BCUT2D eigenvalue weighted by molar-refractivity contribution is -0.135. The fraction of sp³-hybridized carbons (Fsp3) is 0.304. The van der Waals surface area contributed by atoms with Crippen LogP contribution in [0.25, 0.3) is 22.0 Å². The molecule has 3 rings (SSSR count). The number of carboxylic acids is 1. The number of nitrogens with zero attached hydrogens (tertiary/aromatic N) is 2. The molecular formula is C23H26N2O2. The highest BCUT2D eigenvalue weighted by Crippen LogP contribution is 2.33. The van der Waals surface area contributed by atoms with Crippen molar-refractivity contribution >= 4 is 22.7 Å². The van der Waals surface area contributed by atoms with Crippen molar-refractivity contribution in [3.8, 4) is 11.1 Å². The Labute approximate surface area is 160 Å². The van der Waals surface area contributed by atoms with Crippen LogP contribution >= 0.6 is 0 Å². The molecule has 140 valence electrons. The van der Waals surface area contributed by atoms with E-state index in [0.717, 1.165) is 34.9 Å². The molecule has 0 bridgehead atoms. The zero-order chi connectivity index (χ0) is 19.4. The van der Waals surface area contributed by atoms with Gasteiger partial charge in [-0.05, 0) is 60.2 Å². The van der Waals surface area contributed by atoms with E-state index < -0.39 is 5.97 Å². The summed E-state index contributed by atoms with van der Waals surface area (Å²) in [5.41, 5.74) is 5.65. The van der Waals surface area contributed by atoms with E-state index in [1.165, 1.54) is 17.5 Å². The molecule has 1 aromatic heterocycles. The summed E-state index contributed by atoms with van der Waals surface area (Å²) in [5.74, 6) is -0.198. The lowest BCUT2D eigenvalue weighted by Gasteiger charge is -2.19. The number of benzene rings is 2. The topological polar surface area (TPSA) is 53.4 Å². The van der Waals surface area contributed by atoms with E-state index >= 15 is 0 Å². The molecule has 0 amide bonds. The van der Waals surface area contributed by atoms with Gasteiger partial charge in [0.05, 0.1) is 5.52 Å². The Morgan fingerprint density at radius 3 is 2.59 bits per heavy atom. The molecule has 2 aromatic carbocycles. The van der Waals surface area contributed by atoms with E-state index in [2.05, 4.69) is 44.2 Å². The molecular weight excluding hydrogens is 336 g/mol. The number of carbonyl (C=O) groups is 1. The van der Waals surface area contributed by atoms with E-state index in [9.17, 15) is 4.79 Å². The second kappa shape index (κ2) is 8.21. The fourth-order valence-electron chi connectivity index (χ4n) is 3.37. The molecule has 0 unspecified atom stereocenters. The third-order valence-corrected chi connectivity index (χ3v) is 4.88. The second-order valence-electron chi connectivity index (χ2n) is 7.05. The van der Waals surface area contributed by atoms with Gasteiger partial charge in [-0.2, -0.15) is 0 Å². The maximum absolute atomic E-state index is 11.1. The zero-order valence-corrected chi connectivity index (χ0v) is 16.2. The molecule has 0 saturated carbocycles. The van der Waals surface area contributed by atoms with Gasteiger partial charge in [-0.15, -0.1) is 0 Å². The summed E-state index contributed by atoms with van der Waals surface area (Å²) in [6.07, 6.45) is 3.39. The first kappa shape index (κ1) is 18.9. The summed E-state index contributed by atoms with van der Waals surface area (Å²) >= 11 is 0. The van der Waals surface area contributed by atoms with E-state index in [1.807, 2.05) is 18.2 Å². The van der Waals surface area contributed by atoms with Gasteiger partial charge in [-0.25, -0.2) is 4.98 Å². The van der Waals surface area contributed by atoms with Gasteiger partial charge < -0.3 is 10.0 Å². The van der Waals surface area contributed by atoms with Crippen LogP contribution in [0.3, 0.4) is 0 Å². The molecule has 27 heavy (non-hydrogen) atoms. The van der Waals surface area contributed by atoms with Crippen LogP contribution in [-0.4, -0.2) is 29.7 Å². The predicted molar refractivity (Wildman–Crippen MR) is 111 cm³/mol. The van der Waals surface area contributed by atoms with Crippen molar-refractivity contribution in [1.82, 2.24) is 4.98 Å². The Morgan fingerprint density at radius 1 is 1.11 bits per heavy atom. The zero-order valence-electron chi connectivity index (χ0n) is 16.2. The van der Waals surface area contributed by atoms with Crippen molar-refractivity contribution in [2.75, 3.05) is 18.5 Å². The largest absolute Gasteiger partial charge is 0.480 e. The van der Waals surface area contributed by atoms with Crippen LogP contribution in [0.5, 0.6) is 0 Å². The number of rotatable bonds is 7. The van der Waals surface area contributed by atoms with E-state index in [4.69, 9.17) is 10.1 Å². The number of likely N-dealkylation sites (N-methyl/N-ethyl adjacent to an activating group) is 1. The second-order valence-corrected chi connectivity index (χ2v) is 7.05. The van der Waals surface area contributed by atoms with E-state index in [0.29, 0.717) is 5.82 Å². The number of anilines is 1. The molecule has 0 spiro atoms. The van der Waals surface area contributed by atoms with Gasteiger partial charge in [-0.1, -0.05) is 43.7 Å². The quantitative estimate of drug-likeness (QED) is 0.637. The number of unbranched alkanes of at least 4 members (excludes halogenated alkanes) is 1. The molecule has 0 radical (unpaired) electrons. The Kier molecular flexibility index (Phi) is 5.75. The SMILES string of the molecule is CCCCc1ccc2nc(N(C)CC(=O)O)cc(-c3ccccc3C)c2c1. The number of fused-ring (bicyclic) bond motifs is 1. The van der Waals surface area contributed by atoms with Gasteiger partial charge in [0.2, 0.25) is 0 Å².